The molecule has 0 radical (unpaired) electrons. The lowest BCUT2D eigenvalue weighted by atomic mass is 9.99. The Morgan fingerprint density at radius 1 is 0.298 bits per heavy atom. The van der Waals surface area contributed by atoms with Gasteiger partial charge in [-0.05, 0) is 49.4 Å². The summed E-state index contributed by atoms with van der Waals surface area (Å²) in [6.45, 7) is 14.1. The normalized spacial score (nSPS) is 14.7. The molecule has 94 heavy (non-hydrogen) atoms. The second kappa shape index (κ2) is 64.4. The highest BCUT2D eigenvalue weighted by atomic mass is 31.2. The van der Waals surface area contributed by atoms with Crippen molar-refractivity contribution in [2.75, 3.05) is 39.6 Å². The van der Waals surface area contributed by atoms with Gasteiger partial charge in [0.1, 0.15) is 19.3 Å². The maximum Gasteiger partial charge on any atom is 0.472 e. The molecule has 0 aromatic carbocycles. The molecule has 4 unspecified atom stereocenters. The van der Waals surface area contributed by atoms with E-state index in [9.17, 15) is 43.2 Å². The first-order valence-corrected chi connectivity index (χ1v) is 41.8. The quantitative estimate of drug-likeness (QED) is 0.0222. The number of hydrogen-bond donors (Lipinski definition) is 3. The molecule has 0 aliphatic carbocycles. The Morgan fingerprint density at radius 2 is 0.511 bits per heavy atom. The van der Waals surface area contributed by atoms with Gasteiger partial charge in [-0.15, -0.1) is 0 Å². The van der Waals surface area contributed by atoms with Crippen LogP contribution in [0.15, 0.2) is 0 Å². The van der Waals surface area contributed by atoms with Crippen LogP contribution < -0.4 is 0 Å². The first-order chi connectivity index (χ1) is 45.2. The van der Waals surface area contributed by atoms with Gasteiger partial charge in [0.15, 0.2) is 12.2 Å². The van der Waals surface area contributed by atoms with Crippen molar-refractivity contribution in [3.63, 3.8) is 0 Å². The molecule has 0 aromatic heterocycles. The van der Waals surface area contributed by atoms with Gasteiger partial charge in [-0.2, -0.15) is 0 Å². The Labute approximate surface area is 575 Å². The zero-order valence-electron chi connectivity index (χ0n) is 61.6. The second-order valence-corrected chi connectivity index (χ2v) is 31.4. The van der Waals surface area contributed by atoms with Crippen molar-refractivity contribution < 1.29 is 80.2 Å². The fourth-order valence-electron chi connectivity index (χ4n) is 11.3. The van der Waals surface area contributed by atoms with Crippen molar-refractivity contribution in [1.29, 1.82) is 0 Å². The summed E-state index contributed by atoms with van der Waals surface area (Å²) in [7, 11) is -9.91. The average molecular weight is 1380 g/mol. The van der Waals surface area contributed by atoms with Gasteiger partial charge in [-0.3, -0.25) is 37.3 Å². The molecular weight excluding hydrogens is 1230 g/mol. The number of hydrogen-bond acceptors (Lipinski definition) is 15. The average Bonchev–Trinajstić information content (AvgIpc) is 1.71. The first kappa shape index (κ1) is 92.1. The Kier molecular flexibility index (Phi) is 63.1. The van der Waals surface area contributed by atoms with E-state index < -0.39 is 97.5 Å². The molecule has 17 nitrogen and oxygen atoms in total. The summed E-state index contributed by atoms with van der Waals surface area (Å²) in [4.78, 5) is 72.6. The third-order valence-electron chi connectivity index (χ3n) is 18.0. The van der Waals surface area contributed by atoms with E-state index in [2.05, 4.69) is 55.4 Å². The highest BCUT2D eigenvalue weighted by Crippen LogP contribution is 2.45. The van der Waals surface area contributed by atoms with Crippen LogP contribution in [0, 0.1) is 23.7 Å². The summed E-state index contributed by atoms with van der Waals surface area (Å²) in [5.74, 6) is 0.919. The van der Waals surface area contributed by atoms with Gasteiger partial charge in [0.2, 0.25) is 0 Å². The maximum atomic E-state index is 13.1. The summed E-state index contributed by atoms with van der Waals surface area (Å²) in [6, 6.07) is 0. The highest BCUT2D eigenvalue weighted by Gasteiger charge is 2.30. The number of carbonyl (C=O) groups is 4. The number of unbranched alkanes of at least 4 members (excludes halogenated alkanes) is 36. The Bertz CT molecular complexity index is 1850. The standard InChI is InChI=1S/C75H146O17P2/c1-9-67(7)53-45-37-28-21-19-17-15-13-11-12-14-16-18-20-22-31-41-49-57-74(79)91-70(61-85-72(77)55-47-39-30-26-24-29-38-46-54-68(8)10-2)63-89-93(81,82)87-59-69(76)60-88-94(83,84)90-64-71(62-86-73(78)56-48-40-34-33-36-44-52-66(5)6)92-75(80)58-50-42-32-25-23-27-35-43-51-65(3)4/h65-71,76H,9-64H2,1-8H3,(H,81,82)(H,83,84)/t67?,68?,69-,70-,71-/m1/s1. The van der Waals surface area contributed by atoms with E-state index >= 15 is 0 Å². The second-order valence-electron chi connectivity index (χ2n) is 28.5. The van der Waals surface area contributed by atoms with Crippen LogP contribution in [0.25, 0.3) is 0 Å². The van der Waals surface area contributed by atoms with Gasteiger partial charge < -0.3 is 33.8 Å². The number of phosphoric acid groups is 2. The van der Waals surface area contributed by atoms with Gasteiger partial charge >= 0.3 is 39.5 Å². The topological polar surface area (TPSA) is 237 Å². The minimum absolute atomic E-state index is 0.103. The van der Waals surface area contributed by atoms with E-state index in [0.29, 0.717) is 31.6 Å². The van der Waals surface area contributed by atoms with Gasteiger partial charge in [-0.25, -0.2) is 9.13 Å². The summed E-state index contributed by atoms with van der Waals surface area (Å²) in [5.41, 5.74) is 0. The van der Waals surface area contributed by atoms with E-state index in [0.717, 1.165) is 114 Å². The SMILES string of the molecule is CCC(C)CCCCCCCCCCCCCCCCCCCCC(=O)O[C@H](COC(=O)CCCCCCCCCCC(C)CC)COP(=O)(O)OC[C@@H](O)COP(=O)(O)OC[C@@H](COC(=O)CCCCCCCCC(C)C)OC(=O)CCCCCCCCCCC(C)C. The highest BCUT2D eigenvalue weighted by molar-refractivity contribution is 7.47. The molecule has 0 rings (SSSR count). The van der Waals surface area contributed by atoms with Crippen LogP contribution in [0.2, 0.25) is 0 Å². The number of ether oxygens (including phenoxy) is 4. The van der Waals surface area contributed by atoms with Crippen LogP contribution in [-0.4, -0.2) is 96.7 Å². The molecule has 0 aliphatic rings. The van der Waals surface area contributed by atoms with E-state index in [1.54, 1.807) is 0 Å². The lowest BCUT2D eigenvalue weighted by Gasteiger charge is -2.21. The molecule has 0 saturated heterocycles. The number of phosphoric ester groups is 2. The molecule has 19 heteroatoms. The molecule has 0 aliphatic heterocycles. The summed E-state index contributed by atoms with van der Waals surface area (Å²) < 4.78 is 68.4. The van der Waals surface area contributed by atoms with Crippen LogP contribution in [0.4, 0.5) is 0 Å². The lowest BCUT2D eigenvalue weighted by Crippen LogP contribution is -2.30. The molecule has 0 heterocycles. The first-order valence-electron chi connectivity index (χ1n) is 38.8. The van der Waals surface area contributed by atoms with Gasteiger partial charge in [0, 0.05) is 25.7 Å². The Balaban J connectivity index is 5.17. The largest absolute Gasteiger partial charge is 0.472 e. The summed E-state index contributed by atoms with van der Waals surface area (Å²) in [5, 5.41) is 10.6. The minimum Gasteiger partial charge on any atom is -0.462 e. The summed E-state index contributed by atoms with van der Waals surface area (Å²) in [6.07, 6.45) is 48.8. The van der Waals surface area contributed by atoms with Crippen LogP contribution in [-0.2, 0) is 65.4 Å². The van der Waals surface area contributed by atoms with E-state index in [1.165, 1.54) is 173 Å². The van der Waals surface area contributed by atoms with Gasteiger partial charge in [0.25, 0.3) is 0 Å². The van der Waals surface area contributed by atoms with Crippen molar-refractivity contribution in [2.24, 2.45) is 23.7 Å². The van der Waals surface area contributed by atoms with E-state index in [1.807, 2.05) is 0 Å². The van der Waals surface area contributed by atoms with Crippen molar-refractivity contribution in [3.8, 4) is 0 Å². The fourth-order valence-corrected chi connectivity index (χ4v) is 12.9. The molecule has 3 N–H and O–H groups in total. The summed E-state index contributed by atoms with van der Waals surface area (Å²) >= 11 is 0. The predicted octanol–water partition coefficient (Wildman–Crippen LogP) is 21.7. The molecule has 0 fully saturated rings. The molecule has 0 amide bonds. The number of esters is 4. The van der Waals surface area contributed by atoms with Gasteiger partial charge in [-0.1, -0.05) is 325 Å². The molecule has 0 saturated carbocycles. The molecular formula is C75H146O17P2. The molecule has 0 aromatic rings. The smallest absolute Gasteiger partial charge is 0.462 e. The zero-order valence-corrected chi connectivity index (χ0v) is 63.4. The third kappa shape index (κ3) is 66.0. The van der Waals surface area contributed by atoms with Crippen LogP contribution in [0.1, 0.15) is 376 Å². The van der Waals surface area contributed by atoms with Crippen LogP contribution in [0.3, 0.4) is 0 Å². The van der Waals surface area contributed by atoms with Crippen molar-refractivity contribution in [3.05, 3.63) is 0 Å². The third-order valence-corrected chi connectivity index (χ3v) is 19.9. The molecule has 0 bridgehead atoms. The van der Waals surface area contributed by atoms with E-state index in [-0.39, 0.29) is 25.7 Å². The lowest BCUT2D eigenvalue weighted by molar-refractivity contribution is -0.161. The maximum absolute atomic E-state index is 13.1. The number of aliphatic hydroxyl groups is 1. The Hall–Kier alpha value is -1.94. The number of aliphatic hydroxyl groups excluding tert-OH is 1. The number of carbonyl (C=O) groups excluding carboxylic acids is 4. The molecule has 558 valence electrons. The Morgan fingerprint density at radius 3 is 0.755 bits per heavy atom. The van der Waals surface area contributed by atoms with Crippen LogP contribution in [0.5, 0.6) is 0 Å². The monoisotopic (exact) mass is 1380 g/mol. The molecule has 7 atom stereocenters. The number of rotatable bonds is 72. The van der Waals surface area contributed by atoms with Gasteiger partial charge in [0.05, 0.1) is 26.4 Å². The fraction of sp³-hybridized carbons (Fsp3) is 0.947. The van der Waals surface area contributed by atoms with Crippen LogP contribution >= 0.6 is 15.6 Å². The molecule has 0 spiro atoms. The van der Waals surface area contributed by atoms with Crippen molar-refractivity contribution >= 4 is 39.5 Å². The van der Waals surface area contributed by atoms with Crippen molar-refractivity contribution in [2.45, 2.75) is 395 Å². The van der Waals surface area contributed by atoms with Crippen molar-refractivity contribution in [1.82, 2.24) is 0 Å². The zero-order chi connectivity index (χ0) is 69.6. The predicted molar refractivity (Wildman–Crippen MR) is 381 cm³/mol. The van der Waals surface area contributed by atoms with E-state index in [4.69, 9.17) is 37.0 Å². The minimum atomic E-state index is -4.96.